The van der Waals surface area contributed by atoms with E-state index in [0.717, 1.165) is 6.07 Å². The third-order valence-corrected chi connectivity index (χ3v) is 3.11. The smallest absolute Gasteiger partial charge is 0.383 e. The van der Waals surface area contributed by atoms with E-state index in [2.05, 4.69) is 15.8 Å². The molecule has 2 atom stereocenters. The highest BCUT2D eigenvalue weighted by atomic mass is 19.4. The first kappa shape index (κ1) is 14.7. The summed E-state index contributed by atoms with van der Waals surface area (Å²) in [6, 6.07) is 2.21. The lowest BCUT2D eigenvalue weighted by atomic mass is 10.00. The standard InChI is InChI=1S/C12H14F3N3O2/c13-12(14,15)10-4-2-7(6-16-10)1-3-8-5-9(19)11(20)18-17-8/h2,4,6,8-9,17,19H,1,3,5H2,(H,18,20). The third-order valence-electron chi connectivity index (χ3n) is 3.11. The molecule has 1 aliphatic rings. The molecular weight excluding hydrogens is 275 g/mol. The molecule has 0 spiro atoms. The fourth-order valence-corrected chi connectivity index (χ4v) is 1.96. The molecule has 0 aromatic carbocycles. The van der Waals surface area contributed by atoms with Crippen LogP contribution in [-0.4, -0.2) is 28.1 Å². The lowest BCUT2D eigenvalue weighted by Gasteiger charge is -2.27. The van der Waals surface area contributed by atoms with Gasteiger partial charge in [-0.05, 0) is 30.9 Å². The number of carbonyl (C=O) groups is 1. The van der Waals surface area contributed by atoms with Crippen molar-refractivity contribution in [2.45, 2.75) is 37.6 Å². The van der Waals surface area contributed by atoms with Gasteiger partial charge in [0.2, 0.25) is 0 Å². The van der Waals surface area contributed by atoms with Crippen molar-refractivity contribution in [3.05, 3.63) is 29.6 Å². The Morgan fingerprint density at radius 3 is 2.70 bits per heavy atom. The van der Waals surface area contributed by atoms with Crippen LogP contribution in [0, 0.1) is 0 Å². The second-order valence-corrected chi connectivity index (χ2v) is 4.67. The Bertz CT molecular complexity index is 476. The van der Waals surface area contributed by atoms with Gasteiger partial charge in [-0.1, -0.05) is 6.07 Å². The summed E-state index contributed by atoms with van der Waals surface area (Å²) in [5, 5.41) is 9.38. The fraction of sp³-hybridized carbons (Fsp3) is 0.500. The van der Waals surface area contributed by atoms with Gasteiger partial charge in [0, 0.05) is 12.2 Å². The topological polar surface area (TPSA) is 74.2 Å². The quantitative estimate of drug-likeness (QED) is 0.769. The largest absolute Gasteiger partial charge is 0.433 e. The molecule has 2 rings (SSSR count). The number of aliphatic hydroxyl groups is 1. The Kier molecular flexibility index (Phi) is 4.24. The van der Waals surface area contributed by atoms with Gasteiger partial charge in [-0.3, -0.25) is 15.2 Å². The van der Waals surface area contributed by atoms with Crippen molar-refractivity contribution >= 4 is 5.91 Å². The number of nitrogens with zero attached hydrogens (tertiary/aromatic N) is 1. The molecule has 1 amide bonds. The summed E-state index contributed by atoms with van der Waals surface area (Å²) in [5.41, 5.74) is 4.84. The number of alkyl halides is 3. The lowest BCUT2D eigenvalue weighted by Crippen LogP contribution is -2.55. The van der Waals surface area contributed by atoms with Crippen LogP contribution in [0.5, 0.6) is 0 Å². The highest BCUT2D eigenvalue weighted by molar-refractivity contribution is 5.80. The Labute approximate surface area is 113 Å². The molecule has 0 bridgehead atoms. The molecule has 110 valence electrons. The zero-order valence-electron chi connectivity index (χ0n) is 10.4. The highest BCUT2D eigenvalue weighted by Crippen LogP contribution is 2.27. The molecule has 0 radical (unpaired) electrons. The van der Waals surface area contributed by atoms with E-state index in [1.165, 1.54) is 12.3 Å². The monoisotopic (exact) mass is 289 g/mol. The average Bonchev–Trinajstić information content (AvgIpc) is 2.40. The van der Waals surface area contributed by atoms with Crippen molar-refractivity contribution < 1.29 is 23.1 Å². The second-order valence-electron chi connectivity index (χ2n) is 4.67. The molecule has 1 aromatic heterocycles. The molecule has 3 N–H and O–H groups in total. The van der Waals surface area contributed by atoms with Crippen molar-refractivity contribution in [2.24, 2.45) is 0 Å². The minimum atomic E-state index is -4.43. The van der Waals surface area contributed by atoms with Crippen molar-refractivity contribution in [1.82, 2.24) is 15.8 Å². The number of carbonyl (C=O) groups excluding carboxylic acids is 1. The van der Waals surface area contributed by atoms with Gasteiger partial charge in [0.25, 0.3) is 5.91 Å². The molecule has 0 aliphatic carbocycles. The zero-order valence-corrected chi connectivity index (χ0v) is 10.4. The summed E-state index contributed by atoms with van der Waals surface area (Å²) in [5.74, 6) is -0.475. The summed E-state index contributed by atoms with van der Waals surface area (Å²) < 4.78 is 37.0. The van der Waals surface area contributed by atoms with Crippen LogP contribution < -0.4 is 10.9 Å². The molecule has 1 fully saturated rings. The number of pyridine rings is 1. The van der Waals surface area contributed by atoms with Gasteiger partial charge in [-0.2, -0.15) is 13.2 Å². The molecule has 20 heavy (non-hydrogen) atoms. The Balaban J connectivity index is 1.87. The molecule has 5 nitrogen and oxygen atoms in total. The number of rotatable bonds is 3. The number of hydrogen-bond donors (Lipinski definition) is 3. The first-order valence-electron chi connectivity index (χ1n) is 6.12. The number of hydrogen-bond acceptors (Lipinski definition) is 4. The zero-order chi connectivity index (χ0) is 14.8. The van der Waals surface area contributed by atoms with Crippen LogP contribution >= 0.6 is 0 Å². The number of hydrazine groups is 1. The maximum atomic E-state index is 12.3. The molecule has 8 heteroatoms. The fourth-order valence-electron chi connectivity index (χ4n) is 1.96. The van der Waals surface area contributed by atoms with E-state index in [1.807, 2.05) is 0 Å². The van der Waals surface area contributed by atoms with Crippen LogP contribution in [0.15, 0.2) is 18.3 Å². The first-order valence-corrected chi connectivity index (χ1v) is 6.12. The van der Waals surface area contributed by atoms with Crippen molar-refractivity contribution in [1.29, 1.82) is 0 Å². The summed E-state index contributed by atoms with van der Waals surface area (Å²) in [6.07, 6.45) is -2.93. The van der Waals surface area contributed by atoms with E-state index in [0.29, 0.717) is 18.4 Å². The van der Waals surface area contributed by atoms with Gasteiger partial charge in [0.1, 0.15) is 11.8 Å². The number of aromatic nitrogens is 1. The SMILES string of the molecule is O=C1NNC(CCc2ccc(C(F)(F)F)nc2)CC1O. The average molecular weight is 289 g/mol. The van der Waals surface area contributed by atoms with E-state index in [-0.39, 0.29) is 12.5 Å². The summed E-state index contributed by atoms with van der Waals surface area (Å²) in [7, 11) is 0. The predicted octanol–water partition coefficient (Wildman–Crippen LogP) is 0.787. The molecule has 1 aromatic rings. The van der Waals surface area contributed by atoms with Crippen molar-refractivity contribution in [3.8, 4) is 0 Å². The van der Waals surface area contributed by atoms with Crippen LogP contribution in [0.2, 0.25) is 0 Å². The van der Waals surface area contributed by atoms with Crippen LogP contribution in [0.3, 0.4) is 0 Å². The van der Waals surface area contributed by atoms with Crippen LogP contribution in [0.4, 0.5) is 13.2 Å². The Hall–Kier alpha value is -1.67. The van der Waals surface area contributed by atoms with E-state index in [9.17, 15) is 23.1 Å². The molecule has 1 saturated heterocycles. The Morgan fingerprint density at radius 2 is 2.15 bits per heavy atom. The number of nitrogens with one attached hydrogen (secondary N) is 2. The van der Waals surface area contributed by atoms with E-state index >= 15 is 0 Å². The van der Waals surface area contributed by atoms with Gasteiger partial charge in [0.05, 0.1) is 0 Å². The highest BCUT2D eigenvalue weighted by Gasteiger charge is 2.32. The maximum Gasteiger partial charge on any atom is 0.433 e. The summed E-state index contributed by atoms with van der Waals surface area (Å²) in [6.45, 7) is 0. The first-order chi connectivity index (χ1) is 9.36. The number of amides is 1. The van der Waals surface area contributed by atoms with Gasteiger partial charge in [0.15, 0.2) is 0 Å². The predicted molar refractivity (Wildman–Crippen MR) is 63.3 cm³/mol. The molecule has 0 saturated carbocycles. The van der Waals surface area contributed by atoms with Gasteiger partial charge in [-0.25, -0.2) is 5.43 Å². The summed E-state index contributed by atoms with van der Waals surface area (Å²) in [4.78, 5) is 14.4. The number of halogens is 3. The van der Waals surface area contributed by atoms with E-state index in [4.69, 9.17) is 0 Å². The van der Waals surface area contributed by atoms with Crippen LogP contribution in [-0.2, 0) is 17.4 Å². The van der Waals surface area contributed by atoms with Crippen LogP contribution in [0.1, 0.15) is 24.1 Å². The lowest BCUT2D eigenvalue weighted by molar-refractivity contribution is -0.141. The van der Waals surface area contributed by atoms with Crippen molar-refractivity contribution in [2.75, 3.05) is 0 Å². The van der Waals surface area contributed by atoms with Gasteiger partial charge < -0.3 is 5.11 Å². The number of aryl methyl sites for hydroxylation is 1. The van der Waals surface area contributed by atoms with Gasteiger partial charge >= 0.3 is 6.18 Å². The van der Waals surface area contributed by atoms with E-state index < -0.39 is 23.9 Å². The minimum absolute atomic E-state index is 0.120. The summed E-state index contributed by atoms with van der Waals surface area (Å²) >= 11 is 0. The minimum Gasteiger partial charge on any atom is -0.383 e. The second kappa shape index (κ2) is 5.76. The Morgan fingerprint density at radius 1 is 1.40 bits per heavy atom. The van der Waals surface area contributed by atoms with Gasteiger partial charge in [-0.15, -0.1) is 0 Å². The normalized spacial score (nSPS) is 23.5. The molecule has 1 aliphatic heterocycles. The number of aliphatic hydroxyl groups excluding tert-OH is 1. The molecule has 2 heterocycles. The van der Waals surface area contributed by atoms with Crippen molar-refractivity contribution in [3.63, 3.8) is 0 Å². The third kappa shape index (κ3) is 3.67. The molecular formula is C12H14F3N3O2. The van der Waals surface area contributed by atoms with E-state index in [1.54, 1.807) is 0 Å². The molecule has 2 unspecified atom stereocenters. The van der Waals surface area contributed by atoms with Crippen LogP contribution in [0.25, 0.3) is 0 Å². The maximum absolute atomic E-state index is 12.3.